The second-order valence-corrected chi connectivity index (χ2v) is 8.22. The van der Waals surface area contributed by atoms with Crippen molar-refractivity contribution >= 4 is 38.5 Å². The normalized spacial score (nSPS) is 19.8. The molecule has 0 spiro atoms. The highest BCUT2D eigenvalue weighted by Crippen LogP contribution is 2.32. The molecule has 6 heteroatoms. The molecule has 1 saturated carbocycles. The minimum absolute atomic E-state index is 0.323. The first-order chi connectivity index (χ1) is 13.6. The Morgan fingerprint density at radius 1 is 1.21 bits per heavy atom. The second kappa shape index (κ2) is 9.70. The van der Waals surface area contributed by atoms with Crippen molar-refractivity contribution in [1.29, 1.82) is 0 Å². The summed E-state index contributed by atoms with van der Waals surface area (Å²) in [7, 11) is 0. The number of pyridine rings is 1. The van der Waals surface area contributed by atoms with Gasteiger partial charge in [-0.05, 0) is 63.9 Å². The number of anilines is 1. The SMILES string of the molecule is CCOC(=O)c1cnc2ccc(Br)cc2c1NC1CCC(N(CC)CC)CC1. The first-order valence-corrected chi connectivity index (χ1v) is 11.1. The zero-order valence-electron chi connectivity index (χ0n) is 17.0. The van der Waals surface area contributed by atoms with Gasteiger partial charge in [0.25, 0.3) is 0 Å². The van der Waals surface area contributed by atoms with Gasteiger partial charge in [-0.1, -0.05) is 29.8 Å². The molecule has 0 bridgehead atoms. The van der Waals surface area contributed by atoms with Crippen LogP contribution in [0.5, 0.6) is 0 Å². The fourth-order valence-corrected chi connectivity index (χ4v) is 4.57. The van der Waals surface area contributed by atoms with E-state index < -0.39 is 0 Å². The van der Waals surface area contributed by atoms with Crippen molar-refractivity contribution in [3.63, 3.8) is 0 Å². The third-order valence-electron chi connectivity index (χ3n) is 5.70. The molecule has 0 radical (unpaired) electrons. The number of rotatable bonds is 7. The van der Waals surface area contributed by atoms with Gasteiger partial charge in [0, 0.05) is 28.1 Å². The van der Waals surface area contributed by atoms with E-state index in [1.54, 1.807) is 6.20 Å². The zero-order valence-corrected chi connectivity index (χ0v) is 18.6. The number of halogens is 1. The summed E-state index contributed by atoms with van der Waals surface area (Å²) in [6.07, 6.45) is 6.20. The Labute approximate surface area is 176 Å². The standard InChI is InChI=1S/C22H30BrN3O2/c1-4-26(5-2)17-10-8-16(9-11-17)25-21-18-13-15(23)7-12-20(18)24-14-19(21)22(27)28-6-3/h7,12-14,16-17H,4-6,8-11H2,1-3H3,(H,24,25). The Balaban J connectivity index is 1.86. The molecule has 0 saturated heterocycles. The summed E-state index contributed by atoms with van der Waals surface area (Å²) in [5.41, 5.74) is 2.23. The molecular weight excluding hydrogens is 418 g/mol. The van der Waals surface area contributed by atoms with E-state index in [4.69, 9.17) is 4.74 Å². The van der Waals surface area contributed by atoms with Gasteiger partial charge in [0.2, 0.25) is 0 Å². The first-order valence-electron chi connectivity index (χ1n) is 10.3. The van der Waals surface area contributed by atoms with Crippen molar-refractivity contribution in [2.45, 2.75) is 58.5 Å². The molecule has 2 aromatic rings. The number of ether oxygens (including phenoxy) is 1. The van der Waals surface area contributed by atoms with Crippen LogP contribution in [-0.4, -0.2) is 47.6 Å². The first kappa shape index (κ1) is 21.1. The third kappa shape index (κ3) is 4.66. The molecule has 0 amide bonds. The lowest BCUT2D eigenvalue weighted by Gasteiger charge is -2.36. The summed E-state index contributed by atoms with van der Waals surface area (Å²) in [5.74, 6) is -0.323. The number of aromatic nitrogens is 1. The Bertz CT molecular complexity index is 815. The molecule has 1 aromatic heterocycles. The van der Waals surface area contributed by atoms with Crippen LogP contribution in [-0.2, 0) is 4.74 Å². The number of esters is 1. The molecule has 0 atom stereocenters. The minimum Gasteiger partial charge on any atom is -0.462 e. The van der Waals surface area contributed by atoms with Gasteiger partial charge in [0.1, 0.15) is 5.56 Å². The topological polar surface area (TPSA) is 54.5 Å². The molecule has 1 aromatic carbocycles. The van der Waals surface area contributed by atoms with Crippen molar-refractivity contribution in [2.24, 2.45) is 0 Å². The van der Waals surface area contributed by atoms with E-state index in [9.17, 15) is 4.79 Å². The summed E-state index contributed by atoms with van der Waals surface area (Å²) in [6, 6.07) is 6.98. The van der Waals surface area contributed by atoms with Gasteiger partial charge in [0.15, 0.2) is 0 Å². The molecule has 1 aliphatic carbocycles. The monoisotopic (exact) mass is 447 g/mol. The van der Waals surface area contributed by atoms with E-state index in [-0.39, 0.29) is 5.97 Å². The highest BCUT2D eigenvalue weighted by Gasteiger charge is 2.26. The maximum Gasteiger partial charge on any atom is 0.341 e. The van der Waals surface area contributed by atoms with Crippen LogP contribution >= 0.6 is 15.9 Å². The predicted molar refractivity (Wildman–Crippen MR) is 118 cm³/mol. The number of benzene rings is 1. The number of hydrogen-bond acceptors (Lipinski definition) is 5. The van der Waals surface area contributed by atoms with Gasteiger partial charge in [-0.3, -0.25) is 4.98 Å². The summed E-state index contributed by atoms with van der Waals surface area (Å²) in [6.45, 7) is 8.86. The molecule has 1 fully saturated rings. The Kier molecular flexibility index (Phi) is 7.30. The lowest BCUT2D eigenvalue weighted by Crippen LogP contribution is -2.40. The van der Waals surface area contributed by atoms with Gasteiger partial charge in [-0.15, -0.1) is 0 Å². The summed E-state index contributed by atoms with van der Waals surface area (Å²) < 4.78 is 6.25. The van der Waals surface area contributed by atoms with Gasteiger partial charge >= 0.3 is 5.97 Å². The largest absolute Gasteiger partial charge is 0.462 e. The Morgan fingerprint density at radius 2 is 1.93 bits per heavy atom. The fraction of sp³-hybridized carbons (Fsp3) is 0.545. The van der Waals surface area contributed by atoms with Crippen LogP contribution in [0.3, 0.4) is 0 Å². The van der Waals surface area contributed by atoms with Crippen LogP contribution in [0.25, 0.3) is 10.9 Å². The number of carbonyl (C=O) groups excluding carboxylic acids is 1. The highest BCUT2D eigenvalue weighted by atomic mass is 79.9. The maximum atomic E-state index is 12.5. The van der Waals surface area contributed by atoms with Crippen molar-refractivity contribution in [1.82, 2.24) is 9.88 Å². The van der Waals surface area contributed by atoms with Crippen molar-refractivity contribution in [2.75, 3.05) is 25.0 Å². The van der Waals surface area contributed by atoms with Crippen LogP contribution < -0.4 is 5.32 Å². The predicted octanol–water partition coefficient (Wildman–Crippen LogP) is 5.24. The number of nitrogens with zero attached hydrogens (tertiary/aromatic N) is 2. The molecular formula is C22H30BrN3O2. The maximum absolute atomic E-state index is 12.5. The van der Waals surface area contributed by atoms with Gasteiger partial charge in [-0.2, -0.15) is 0 Å². The molecule has 0 aliphatic heterocycles. The molecule has 5 nitrogen and oxygen atoms in total. The van der Waals surface area contributed by atoms with Crippen LogP contribution in [0.1, 0.15) is 56.8 Å². The summed E-state index contributed by atoms with van der Waals surface area (Å²) >= 11 is 3.55. The molecule has 1 N–H and O–H groups in total. The van der Waals surface area contributed by atoms with Crippen LogP contribution in [0, 0.1) is 0 Å². The van der Waals surface area contributed by atoms with Gasteiger partial charge in [-0.25, -0.2) is 4.79 Å². The van der Waals surface area contributed by atoms with E-state index in [1.165, 1.54) is 12.8 Å². The molecule has 28 heavy (non-hydrogen) atoms. The molecule has 152 valence electrons. The van der Waals surface area contributed by atoms with Crippen LogP contribution in [0.4, 0.5) is 5.69 Å². The Morgan fingerprint density at radius 3 is 2.57 bits per heavy atom. The Hall–Kier alpha value is -1.66. The van der Waals surface area contributed by atoms with E-state index in [1.807, 2.05) is 25.1 Å². The van der Waals surface area contributed by atoms with Crippen molar-refractivity contribution < 1.29 is 9.53 Å². The average molecular weight is 448 g/mol. The van der Waals surface area contributed by atoms with E-state index >= 15 is 0 Å². The third-order valence-corrected chi connectivity index (χ3v) is 6.19. The smallest absolute Gasteiger partial charge is 0.341 e. The number of hydrogen-bond donors (Lipinski definition) is 1. The fourth-order valence-electron chi connectivity index (χ4n) is 4.21. The molecule has 1 heterocycles. The quantitative estimate of drug-likeness (QED) is 0.588. The van der Waals surface area contributed by atoms with Crippen LogP contribution in [0.2, 0.25) is 0 Å². The molecule has 0 unspecified atom stereocenters. The van der Waals surface area contributed by atoms with Crippen molar-refractivity contribution in [3.8, 4) is 0 Å². The van der Waals surface area contributed by atoms with Crippen LogP contribution in [0.15, 0.2) is 28.9 Å². The lowest BCUT2D eigenvalue weighted by atomic mass is 9.89. The lowest BCUT2D eigenvalue weighted by molar-refractivity contribution is 0.0527. The number of carbonyl (C=O) groups is 1. The highest BCUT2D eigenvalue weighted by molar-refractivity contribution is 9.10. The van der Waals surface area contributed by atoms with Gasteiger partial charge in [0.05, 0.1) is 17.8 Å². The summed E-state index contributed by atoms with van der Waals surface area (Å²) in [5, 5.41) is 4.62. The number of fused-ring (bicyclic) bond motifs is 1. The van der Waals surface area contributed by atoms with E-state index in [0.717, 1.165) is 47.0 Å². The zero-order chi connectivity index (χ0) is 20.1. The van der Waals surface area contributed by atoms with Crippen molar-refractivity contribution in [3.05, 3.63) is 34.4 Å². The van der Waals surface area contributed by atoms with Gasteiger partial charge < -0.3 is 15.0 Å². The second-order valence-electron chi connectivity index (χ2n) is 7.30. The minimum atomic E-state index is -0.323. The summed E-state index contributed by atoms with van der Waals surface area (Å²) in [4.78, 5) is 19.6. The molecule has 1 aliphatic rings. The average Bonchev–Trinajstić information content (AvgIpc) is 2.70. The van der Waals surface area contributed by atoms with E-state index in [0.29, 0.717) is 24.3 Å². The molecule has 3 rings (SSSR count). The number of nitrogens with one attached hydrogen (secondary N) is 1. The van der Waals surface area contributed by atoms with E-state index in [2.05, 4.69) is 45.0 Å².